The standard InChI is InChI=1S/C24H25N5O5/c1-14-17(15(2)27-19(14)24(33)34-3)21(30)18-20(16-6-4-7-25-12-16)29(23(32)22(18)31)10-5-9-28-11-8-26-13-28/h4,6-8,11-13,20,27,30H,5,9-10H2,1-3H3/b21-18+/t20-/m1/s1. The second-order valence-corrected chi connectivity index (χ2v) is 8.05. The molecule has 0 bridgehead atoms. The van der Waals surface area contributed by atoms with E-state index in [0.29, 0.717) is 35.3 Å². The Hall–Kier alpha value is -4.21. The number of aromatic nitrogens is 4. The molecule has 2 N–H and O–H groups in total. The molecule has 0 radical (unpaired) electrons. The van der Waals surface area contributed by atoms with E-state index in [1.54, 1.807) is 50.9 Å². The first-order valence-electron chi connectivity index (χ1n) is 10.8. The number of nitrogens with one attached hydrogen (secondary N) is 1. The fourth-order valence-electron chi connectivity index (χ4n) is 4.38. The molecule has 0 saturated carbocycles. The quantitative estimate of drug-likeness (QED) is 0.238. The number of aliphatic hydroxyl groups excluding tert-OH is 1. The number of ether oxygens (including phenoxy) is 1. The molecule has 0 unspecified atom stereocenters. The Bertz CT molecular complexity index is 1260. The summed E-state index contributed by atoms with van der Waals surface area (Å²) >= 11 is 0. The summed E-state index contributed by atoms with van der Waals surface area (Å²) in [6.45, 7) is 4.22. The SMILES string of the molecule is COC(=O)c1[nH]c(C)c(/C(O)=C2\C(=O)C(=O)N(CCCn3ccnc3)[C@@H]2c2cccnc2)c1C. The van der Waals surface area contributed by atoms with E-state index in [0.717, 1.165) is 0 Å². The largest absolute Gasteiger partial charge is 0.507 e. The maximum absolute atomic E-state index is 13.2. The fraction of sp³-hybridized carbons (Fsp3) is 0.292. The van der Waals surface area contributed by atoms with Gasteiger partial charge in [-0.25, -0.2) is 9.78 Å². The zero-order valence-corrected chi connectivity index (χ0v) is 19.1. The van der Waals surface area contributed by atoms with Crippen LogP contribution < -0.4 is 0 Å². The van der Waals surface area contributed by atoms with E-state index in [-0.39, 0.29) is 23.6 Å². The van der Waals surface area contributed by atoms with Crippen molar-refractivity contribution in [2.75, 3.05) is 13.7 Å². The molecule has 4 rings (SSSR count). The Morgan fingerprint density at radius 2 is 2.00 bits per heavy atom. The van der Waals surface area contributed by atoms with Gasteiger partial charge in [0.05, 0.1) is 25.1 Å². The van der Waals surface area contributed by atoms with Crippen LogP contribution in [0.1, 0.15) is 45.3 Å². The minimum absolute atomic E-state index is 0.0396. The number of ketones is 1. The van der Waals surface area contributed by atoms with Gasteiger partial charge in [0, 0.05) is 49.1 Å². The molecule has 1 aliphatic rings. The average molecular weight is 463 g/mol. The molecule has 176 valence electrons. The Kier molecular flexibility index (Phi) is 6.31. The smallest absolute Gasteiger partial charge is 0.354 e. The predicted molar refractivity (Wildman–Crippen MR) is 122 cm³/mol. The van der Waals surface area contributed by atoms with Crippen LogP contribution in [0.25, 0.3) is 5.76 Å². The molecule has 10 nitrogen and oxygen atoms in total. The molecule has 4 heterocycles. The minimum Gasteiger partial charge on any atom is -0.507 e. The van der Waals surface area contributed by atoms with Crippen molar-refractivity contribution < 1.29 is 24.2 Å². The molecule has 1 aliphatic heterocycles. The number of nitrogens with zero attached hydrogens (tertiary/aromatic N) is 4. The van der Waals surface area contributed by atoms with Crippen LogP contribution in [0.15, 0.2) is 48.8 Å². The van der Waals surface area contributed by atoms with E-state index in [9.17, 15) is 19.5 Å². The van der Waals surface area contributed by atoms with Gasteiger partial charge in [0.25, 0.3) is 11.7 Å². The van der Waals surface area contributed by atoms with Crippen LogP contribution in [0.3, 0.4) is 0 Å². The summed E-state index contributed by atoms with van der Waals surface area (Å²) in [6, 6.07) is 2.66. The molecule has 0 spiro atoms. The number of aryl methyl sites for hydroxylation is 2. The number of hydrogen-bond acceptors (Lipinski definition) is 7. The predicted octanol–water partition coefficient (Wildman–Crippen LogP) is 2.52. The van der Waals surface area contributed by atoms with E-state index >= 15 is 0 Å². The van der Waals surface area contributed by atoms with Crippen molar-refractivity contribution in [3.63, 3.8) is 0 Å². The number of pyridine rings is 1. The molecule has 3 aromatic heterocycles. The topological polar surface area (TPSA) is 130 Å². The molecule has 10 heteroatoms. The number of carbonyl (C=O) groups is 3. The van der Waals surface area contributed by atoms with E-state index in [2.05, 4.69) is 15.0 Å². The number of Topliss-reactive ketones (excluding diaryl/α,β-unsaturated/α-hetero) is 1. The number of rotatable bonds is 7. The van der Waals surface area contributed by atoms with Crippen molar-refractivity contribution in [3.05, 3.63) is 76.9 Å². The van der Waals surface area contributed by atoms with Gasteiger partial charge < -0.3 is 24.3 Å². The zero-order valence-electron chi connectivity index (χ0n) is 19.1. The Balaban J connectivity index is 1.78. The number of imidazole rings is 1. The lowest BCUT2D eigenvalue weighted by Gasteiger charge is -2.25. The summed E-state index contributed by atoms with van der Waals surface area (Å²) in [6.07, 6.45) is 8.92. The van der Waals surface area contributed by atoms with Gasteiger partial charge in [-0.15, -0.1) is 0 Å². The first kappa shape index (κ1) is 23.0. The summed E-state index contributed by atoms with van der Waals surface area (Å²) in [5.74, 6) is -2.41. The molecular formula is C24H25N5O5. The second-order valence-electron chi connectivity index (χ2n) is 8.05. The number of methoxy groups -OCH3 is 1. The van der Waals surface area contributed by atoms with Gasteiger partial charge in [0.15, 0.2) is 0 Å². The van der Waals surface area contributed by atoms with Crippen LogP contribution >= 0.6 is 0 Å². The molecular weight excluding hydrogens is 438 g/mol. The number of H-pyrrole nitrogens is 1. The van der Waals surface area contributed by atoms with Crippen molar-refractivity contribution in [3.8, 4) is 0 Å². The molecule has 0 aromatic carbocycles. The van der Waals surface area contributed by atoms with E-state index in [4.69, 9.17) is 4.74 Å². The molecule has 1 amide bonds. The number of likely N-dealkylation sites (tertiary alicyclic amines) is 1. The average Bonchev–Trinajstić information content (AvgIpc) is 3.52. The monoisotopic (exact) mass is 463 g/mol. The number of amides is 1. The summed E-state index contributed by atoms with van der Waals surface area (Å²) in [5, 5.41) is 11.3. The molecule has 34 heavy (non-hydrogen) atoms. The van der Waals surface area contributed by atoms with Crippen LogP contribution in [-0.2, 0) is 20.9 Å². The van der Waals surface area contributed by atoms with Crippen LogP contribution in [0.4, 0.5) is 0 Å². The minimum atomic E-state index is -0.813. The normalized spacial score (nSPS) is 17.4. The van der Waals surface area contributed by atoms with Gasteiger partial charge in [-0.2, -0.15) is 0 Å². The number of esters is 1. The van der Waals surface area contributed by atoms with Gasteiger partial charge >= 0.3 is 5.97 Å². The lowest BCUT2D eigenvalue weighted by atomic mass is 9.95. The maximum atomic E-state index is 13.2. The van der Waals surface area contributed by atoms with Crippen LogP contribution in [0.2, 0.25) is 0 Å². The number of carbonyl (C=O) groups excluding carboxylic acids is 3. The summed E-state index contributed by atoms with van der Waals surface area (Å²) in [5.41, 5.74) is 1.94. The first-order chi connectivity index (χ1) is 16.3. The third-order valence-electron chi connectivity index (χ3n) is 5.98. The lowest BCUT2D eigenvalue weighted by Crippen LogP contribution is -2.31. The zero-order chi connectivity index (χ0) is 24.4. The third-order valence-corrected chi connectivity index (χ3v) is 5.98. The molecule has 3 aromatic rings. The maximum Gasteiger partial charge on any atom is 0.354 e. The van der Waals surface area contributed by atoms with Crippen molar-refractivity contribution in [1.82, 2.24) is 24.4 Å². The van der Waals surface area contributed by atoms with Gasteiger partial charge in [0.2, 0.25) is 0 Å². The van der Waals surface area contributed by atoms with E-state index in [1.807, 2.05) is 10.8 Å². The molecule has 1 atom stereocenters. The van der Waals surface area contributed by atoms with Crippen LogP contribution in [-0.4, -0.2) is 60.8 Å². The van der Waals surface area contributed by atoms with E-state index in [1.165, 1.54) is 12.0 Å². The lowest BCUT2D eigenvalue weighted by molar-refractivity contribution is -0.139. The second kappa shape index (κ2) is 9.34. The molecule has 0 aliphatic carbocycles. The molecule has 1 saturated heterocycles. The van der Waals surface area contributed by atoms with Crippen molar-refractivity contribution >= 4 is 23.4 Å². The third kappa shape index (κ3) is 3.98. The Morgan fingerprint density at radius 3 is 2.65 bits per heavy atom. The van der Waals surface area contributed by atoms with Gasteiger partial charge in [-0.05, 0) is 37.5 Å². The van der Waals surface area contributed by atoms with Gasteiger partial charge in [-0.3, -0.25) is 14.6 Å². The number of aliphatic hydroxyl groups is 1. The first-order valence-corrected chi connectivity index (χ1v) is 10.8. The van der Waals surface area contributed by atoms with Crippen molar-refractivity contribution in [1.29, 1.82) is 0 Å². The van der Waals surface area contributed by atoms with Crippen LogP contribution in [0, 0.1) is 13.8 Å². The highest BCUT2D eigenvalue weighted by molar-refractivity contribution is 6.46. The van der Waals surface area contributed by atoms with Gasteiger partial charge in [-0.1, -0.05) is 6.07 Å². The Labute approximate surface area is 195 Å². The molecule has 1 fully saturated rings. The fourth-order valence-corrected chi connectivity index (χ4v) is 4.38. The summed E-state index contributed by atoms with van der Waals surface area (Å²) in [7, 11) is 1.26. The number of aromatic amines is 1. The number of hydrogen-bond donors (Lipinski definition) is 2. The van der Waals surface area contributed by atoms with Crippen molar-refractivity contribution in [2.45, 2.75) is 32.9 Å². The van der Waals surface area contributed by atoms with Crippen LogP contribution in [0.5, 0.6) is 0 Å². The Morgan fingerprint density at radius 1 is 1.21 bits per heavy atom. The van der Waals surface area contributed by atoms with E-state index < -0.39 is 23.7 Å². The van der Waals surface area contributed by atoms with Gasteiger partial charge in [0.1, 0.15) is 11.5 Å². The highest BCUT2D eigenvalue weighted by Crippen LogP contribution is 2.40. The van der Waals surface area contributed by atoms with Crippen molar-refractivity contribution in [2.24, 2.45) is 0 Å². The summed E-state index contributed by atoms with van der Waals surface area (Å²) < 4.78 is 6.68. The highest BCUT2D eigenvalue weighted by Gasteiger charge is 2.46. The highest BCUT2D eigenvalue weighted by atomic mass is 16.5. The summed E-state index contributed by atoms with van der Waals surface area (Å²) in [4.78, 5) is 50.9.